The number of hydrogen-bond donors (Lipinski definition) is 2. The first kappa shape index (κ1) is 25.1. The van der Waals surface area contributed by atoms with Crippen molar-refractivity contribution in [1.29, 1.82) is 0 Å². The molecule has 1 rings (SSSR count). The largest absolute Gasteiger partial charge is 0.464 e. The first-order valence-electron chi connectivity index (χ1n) is 8.36. The van der Waals surface area contributed by atoms with E-state index in [0.29, 0.717) is 13.2 Å². The predicted octanol–water partition coefficient (Wildman–Crippen LogP) is 0.822. The summed E-state index contributed by atoms with van der Waals surface area (Å²) in [4.78, 5) is 22.6. The Morgan fingerprint density at radius 1 is 1.11 bits per heavy atom. The lowest BCUT2D eigenvalue weighted by molar-refractivity contribution is -0.159. The van der Waals surface area contributed by atoms with Gasteiger partial charge in [-0.3, -0.25) is 9.35 Å². The van der Waals surface area contributed by atoms with E-state index in [4.69, 9.17) is 24.5 Å². The molecule has 0 radical (unpaired) electrons. The van der Waals surface area contributed by atoms with Crippen molar-refractivity contribution in [3.05, 3.63) is 30.3 Å². The van der Waals surface area contributed by atoms with E-state index in [1.807, 2.05) is 6.92 Å². The lowest BCUT2D eigenvalue weighted by Gasteiger charge is -2.15. The topological polar surface area (TPSA) is 142 Å². The molecular weight excluding hydrogens is 378 g/mol. The Morgan fingerprint density at radius 2 is 1.74 bits per heavy atom. The van der Waals surface area contributed by atoms with Crippen molar-refractivity contribution in [3.8, 4) is 0 Å². The van der Waals surface area contributed by atoms with Crippen molar-refractivity contribution in [1.82, 2.24) is 0 Å². The summed E-state index contributed by atoms with van der Waals surface area (Å²) in [5.74, 6) is -0.773. The number of ketones is 1. The van der Waals surface area contributed by atoms with Gasteiger partial charge in [0, 0.05) is 13.0 Å². The first-order chi connectivity index (χ1) is 12.8. The monoisotopic (exact) mass is 405 g/mol. The number of esters is 1. The quantitative estimate of drug-likeness (QED) is 0.311. The highest BCUT2D eigenvalue weighted by Crippen LogP contribution is 2.05. The number of ether oxygens (including phenoxy) is 3. The average molecular weight is 405 g/mol. The summed E-state index contributed by atoms with van der Waals surface area (Å²) in [7, 11) is -4.00. The second kappa shape index (κ2) is 14.2. The maximum Gasteiger partial charge on any atom is 0.335 e. The van der Waals surface area contributed by atoms with E-state index >= 15 is 0 Å². The smallest absolute Gasteiger partial charge is 0.335 e. The van der Waals surface area contributed by atoms with Gasteiger partial charge in [0.2, 0.25) is 0 Å². The Labute approximate surface area is 159 Å². The molecule has 10 heteroatoms. The fourth-order valence-corrected chi connectivity index (χ4v) is 2.22. The van der Waals surface area contributed by atoms with Crippen LogP contribution in [-0.2, 0) is 33.9 Å². The number of carbonyl (C=O) groups excluding carboxylic acids is 2. The van der Waals surface area contributed by atoms with Gasteiger partial charge in [0.1, 0.15) is 5.78 Å². The summed E-state index contributed by atoms with van der Waals surface area (Å²) in [6.07, 6.45) is -0.937. The molecule has 1 aromatic carbocycles. The third-order valence-corrected chi connectivity index (χ3v) is 3.85. The van der Waals surface area contributed by atoms with Gasteiger partial charge in [-0.15, -0.1) is 0 Å². The van der Waals surface area contributed by atoms with Gasteiger partial charge >= 0.3 is 5.97 Å². The van der Waals surface area contributed by atoms with Crippen LogP contribution in [0.15, 0.2) is 35.2 Å². The van der Waals surface area contributed by atoms with E-state index in [-0.39, 0.29) is 36.9 Å². The van der Waals surface area contributed by atoms with Gasteiger partial charge < -0.3 is 19.9 Å². The van der Waals surface area contributed by atoms with E-state index in [1.165, 1.54) is 12.1 Å². The maximum absolute atomic E-state index is 11.5. The summed E-state index contributed by atoms with van der Waals surface area (Å²) in [6, 6.07) is 7.42. The number of hydrogen-bond acceptors (Lipinski definition) is 8. The molecule has 0 fully saturated rings. The van der Waals surface area contributed by atoms with E-state index in [2.05, 4.69) is 0 Å². The van der Waals surface area contributed by atoms with Crippen LogP contribution in [-0.4, -0.2) is 63.8 Å². The van der Waals surface area contributed by atoms with Crippen LogP contribution in [0.3, 0.4) is 0 Å². The highest BCUT2D eigenvalue weighted by molar-refractivity contribution is 7.85. The summed E-state index contributed by atoms with van der Waals surface area (Å²) in [6.45, 7) is 4.90. The van der Waals surface area contributed by atoms with Crippen molar-refractivity contribution in [2.75, 3.05) is 33.0 Å². The second-order valence-corrected chi connectivity index (χ2v) is 6.46. The fraction of sp³-hybridized carbons (Fsp3) is 0.529. The van der Waals surface area contributed by atoms with Gasteiger partial charge in [-0.05, 0) is 26.0 Å². The SMILES string of the molecule is CCOCCOC(CC(=O)CN)C(=O)OCC.O=S(=O)(O)c1ccccc1. The van der Waals surface area contributed by atoms with Crippen LogP contribution in [0, 0.1) is 0 Å². The zero-order chi connectivity index (χ0) is 20.7. The van der Waals surface area contributed by atoms with Gasteiger partial charge in [0.25, 0.3) is 10.1 Å². The normalized spacial score (nSPS) is 11.9. The van der Waals surface area contributed by atoms with Gasteiger partial charge in [-0.1, -0.05) is 18.2 Å². The highest BCUT2D eigenvalue weighted by atomic mass is 32.2. The molecular formula is C17H27NO8S. The van der Waals surface area contributed by atoms with Crippen molar-refractivity contribution in [2.45, 2.75) is 31.3 Å². The van der Waals surface area contributed by atoms with E-state index in [1.54, 1.807) is 25.1 Å². The molecule has 0 aliphatic rings. The molecule has 1 unspecified atom stereocenters. The number of rotatable bonds is 11. The average Bonchev–Trinajstić information content (AvgIpc) is 2.64. The van der Waals surface area contributed by atoms with Crippen molar-refractivity contribution >= 4 is 21.9 Å². The Morgan fingerprint density at radius 3 is 2.19 bits per heavy atom. The molecule has 0 saturated carbocycles. The molecule has 0 amide bonds. The zero-order valence-corrected chi connectivity index (χ0v) is 16.3. The van der Waals surface area contributed by atoms with Crippen LogP contribution >= 0.6 is 0 Å². The Hall–Kier alpha value is -1.85. The van der Waals surface area contributed by atoms with E-state index in [0.717, 1.165) is 0 Å². The zero-order valence-electron chi connectivity index (χ0n) is 15.5. The van der Waals surface area contributed by atoms with E-state index < -0.39 is 22.2 Å². The first-order valence-corrected chi connectivity index (χ1v) is 9.80. The molecule has 27 heavy (non-hydrogen) atoms. The fourth-order valence-electron chi connectivity index (χ4n) is 1.72. The minimum atomic E-state index is -4.00. The summed E-state index contributed by atoms with van der Waals surface area (Å²) >= 11 is 0. The molecule has 0 bridgehead atoms. The van der Waals surface area contributed by atoms with Crippen LogP contribution in [0.4, 0.5) is 0 Å². The molecule has 9 nitrogen and oxygen atoms in total. The molecule has 0 saturated heterocycles. The molecule has 3 N–H and O–H groups in total. The molecule has 0 spiro atoms. The maximum atomic E-state index is 11.5. The molecule has 0 aromatic heterocycles. The van der Waals surface area contributed by atoms with Crippen molar-refractivity contribution in [3.63, 3.8) is 0 Å². The lowest BCUT2D eigenvalue weighted by Crippen LogP contribution is -2.32. The third-order valence-electron chi connectivity index (χ3n) is 2.98. The highest BCUT2D eigenvalue weighted by Gasteiger charge is 2.23. The van der Waals surface area contributed by atoms with Crippen molar-refractivity contribution < 1.29 is 36.8 Å². The summed E-state index contributed by atoms with van der Waals surface area (Å²) in [5, 5.41) is 0. The molecule has 0 aliphatic heterocycles. The summed E-state index contributed by atoms with van der Waals surface area (Å²) in [5.41, 5.74) is 5.19. The van der Waals surface area contributed by atoms with Crippen LogP contribution in [0.25, 0.3) is 0 Å². The number of nitrogens with two attached hydrogens (primary N) is 1. The molecule has 0 heterocycles. The Bertz CT molecular complexity index is 648. The minimum absolute atomic E-state index is 0.0541. The van der Waals surface area contributed by atoms with Crippen LogP contribution < -0.4 is 5.73 Å². The van der Waals surface area contributed by atoms with E-state index in [9.17, 15) is 18.0 Å². The van der Waals surface area contributed by atoms with Gasteiger partial charge in [-0.25, -0.2) is 4.79 Å². The second-order valence-electron chi connectivity index (χ2n) is 5.04. The Balaban J connectivity index is 0.000000569. The Kier molecular flexibility index (Phi) is 13.3. The predicted molar refractivity (Wildman–Crippen MR) is 97.8 cm³/mol. The number of carbonyl (C=O) groups is 2. The molecule has 1 atom stereocenters. The van der Waals surface area contributed by atoms with Crippen LogP contribution in [0.1, 0.15) is 20.3 Å². The summed E-state index contributed by atoms with van der Waals surface area (Å²) < 4.78 is 44.4. The third kappa shape index (κ3) is 12.2. The standard InChI is InChI=1S/C11H21NO5.C6H6O3S/c1-3-15-5-6-17-10(7-9(13)8-12)11(14)16-4-2;7-10(8,9)6-4-2-1-3-5-6/h10H,3-8,12H2,1-2H3;1-5H,(H,7,8,9). The van der Waals surface area contributed by atoms with Crippen LogP contribution in [0.5, 0.6) is 0 Å². The molecule has 1 aromatic rings. The minimum Gasteiger partial charge on any atom is -0.464 e. The van der Waals surface area contributed by atoms with Gasteiger partial charge in [-0.2, -0.15) is 8.42 Å². The molecule has 0 aliphatic carbocycles. The lowest BCUT2D eigenvalue weighted by atomic mass is 10.2. The number of Topliss-reactive ketones (excluding diaryl/α,β-unsaturated/α-hetero) is 1. The number of benzene rings is 1. The van der Waals surface area contributed by atoms with Gasteiger partial charge in [0.05, 0.1) is 31.3 Å². The van der Waals surface area contributed by atoms with Gasteiger partial charge in [0.15, 0.2) is 6.10 Å². The van der Waals surface area contributed by atoms with Crippen molar-refractivity contribution in [2.24, 2.45) is 5.73 Å². The van der Waals surface area contributed by atoms with Crippen LogP contribution in [0.2, 0.25) is 0 Å². The molecule has 154 valence electrons.